The SMILES string of the molecule is C1=CC2C(\C3=C/C=C\C=C/C=C(\C4=C/C=C\C=C/C=C/CC4)CC3)=c3ccccc3=C(/C3=C/C=C\C/C=C\C=C/C3)C2C=C1. The van der Waals surface area contributed by atoms with Gasteiger partial charge in [0.15, 0.2) is 0 Å². The van der Waals surface area contributed by atoms with Crippen molar-refractivity contribution in [2.24, 2.45) is 11.8 Å². The van der Waals surface area contributed by atoms with E-state index < -0.39 is 0 Å². The largest absolute Gasteiger partial charge is 0.0842 e. The number of allylic oxidation sites excluding steroid dienone is 28. The van der Waals surface area contributed by atoms with Crippen molar-refractivity contribution < 1.29 is 0 Å². The molecule has 1 aromatic rings. The Balaban J connectivity index is 1.47. The first-order valence-corrected chi connectivity index (χ1v) is 16.2. The van der Waals surface area contributed by atoms with Crippen LogP contribution in [0.2, 0.25) is 0 Å². The molecule has 2 atom stereocenters. The summed E-state index contributed by atoms with van der Waals surface area (Å²) in [5.74, 6) is 0.602. The Morgan fingerprint density at radius 1 is 0.409 bits per heavy atom. The average molecular weight is 571 g/mol. The molecule has 5 aliphatic rings. The maximum Gasteiger partial charge on any atom is 0.0134 e. The number of benzene rings is 1. The Bertz CT molecular complexity index is 1790. The van der Waals surface area contributed by atoms with Crippen molar-refractivity contribution in [3.8, 4) is 0 Å². The first-order valence-electron chi connectivity index (χ1n) is 16.2. The second kappa shape index (κ2) is 15.2. The molecule has 0 bridgehead atoms. The lowest BCUT2D eigenvalue weighted by Crippen LogP contribution is -2.40. The molecule has 0 nitrogen and oxygen atoms in total. The van der Waals surface area contributed by atoms with E-state index in [2.05, 4.69) is 170 Å². The summed E-state index contributed by atoms with van der Waals surface area (Å²) >= 11 is 0. The molecular weight excluding hydrogens is 528 g/mol. The van der Waals surface area contributed by atoms with E-state index in [-0.39, 0.29) is 0 Å². The summed E-state index contributed by atoms with van der Waals surface area (Å²) in [4.78, 5) is 0. The van der Waals surface area contributed by atoms with E-state index in [1.165, 1.54) is 43.9 Å². The van der Waals surface area contributed by atoms with Crippen molar-refractivity contribution in [2.75, 3.05) is 0 Å². The normalized spacial score (nSPS) is 33.9. The lowest BCUT2D eigenvalue weighted by atomic mass is 9.68. The van der Waals surface area contributed by atoms with Gasteiger partial charge < -0.3 is 0 Å². The maximum atomic E-state index is 2.44. The molecule has 0 heterocycles. The minimum absolute atomic E-state index is 0.298. The van der Waals surface area contributed by atoms with Crippen LogP contribution in [-0.4, -0.2) is 0 Å². The van der Waals surface area contributed by atoms with Crippen LogP contribution in [0.1, 0.15) is 38.5 Å². The van der Waals surface area contributed by atoms with E-state index in [0.29, 0.717) is 11.8 Å². The van der Waals surface area contributed by atoms with Crippen LogP contribution >= 0.6 is 0 Å². The van der Waals surface area contributed by atoms with Gasteiger partial charge in [-0.2, -0.15) is 0 Å². The highest BCUT2D eigenvalue weighted by atomic mass is 14.4. The first-order chi connectivity index (χ1) is 21.9. The van der Waals surface area contributed by atoms with Gasteiger partial charge in [-0.15, -0.1) is 0 Å². The van der Waals surface area contributed by atoms with Gasteiger partial charge in [-0.05, 0) is 82.4 Å². The van der Waals surface area contributed by atoms with Gasteiger partial charge in [0.25, 0.3) is 0 Å². The second-order valence-corrected chi connectivity index (χ2v) is 11.7. The van der Waals surface area contributed by atoms with Crippen LogP contribution in [0.5, 0.6) is 0 Å². The molecule has 0 radical (unpaired) electrons. The Morgan fingerprint density at radius 3 is 1.68 bits per heavy atom. The Morgan fingerprint density at radius 2 is 0.932 bits per heavy atom. The van der Waals surface area contributed by atoms with Crippen molar-refractivity contribution >= 4 is 11.1 Å². The van der Waals surface area contributed by atoms with E-state index in [4.69, 9.17) is 0 Å². The van der Waals surface area contributed by atoms with Crippen molar-refractivity contribution in [2.45, 2.75) is 38.5 Å². The van der Waals surface area contributed by atoms with Crippen LogP contribution in [0, 0.1) is 11.8 Å². The number of hydrogen-bond donors (Lipinski definition) is 0. The van der Waals surface area contributed by atoms with Gasteiger partial charge in [-0.3, -0.25) is 0 Å². The average Bonchev–Trinajstić information content (AvgIpc) is 3.07. The van der Waals surface area contributed by atoms with E-state index >= 15 is 0 Å². The van der Waals surface area contributed by atoms with E-state index in [1.54, 1.807) is 0 Å². The van der Waals surface area contributed by atoms with Crippen LogP contribution in [0.4, 0.5) is 0 Å². The van der Waals surface area contributed by atoms with Gasteiger partial charge in [-0.25, -0.2) is 0 Å². The Labute approximate surface area is 263 Å². The van der Waals surface area contributed by atoms with Gasteiger partial charge in [0.1, 0.15) is 0 Å². The fourth-order valence-corrected chi connectivity index (χ4v) is 6.81. The third kappa shape index (κ3) is 7.09. The van der Waals surface area contributed by atoms with Crippen molar-refractivity contribution in [3.05, 3.63) is 203 Å². The Hall–Kier alpha value is -4.68. The summed E-state index contributed by atoms with van der Waals surface area (Å²) in [5.41, 5.74) is 8.64. The van der Waals surface area contributed by atoms with Gasteiger partial charge in [-0.1, -0.05) is 170 Å². The lowest BCUT2D eigenvalue weighted by molar-refractivity contribution is 0.676. The quantitative estimate of drug-likeness (QED) is 0.339. The van der Waals surface area contributed by atoms with Gasteiger partial charge >= 0.3 is 0 Å². The molecule has 0 N–H and O–H groups in total. The zero-order valence-electron chi connectivity index (χ0n) is 25.6. The zero-order valence-corrected chi connectivity index (χ0v) is 25.6. The molecule has 0 aromatic heterocycles. The Kier molecular flexibility index (Phi) is 10.1. The van der Waals surface area contributed by atoms with Crippen LogP contribution in [0.3, 0.4) is 0 Å². The maximum absolute atomic E-state index is 2.44. The molecule has 1 aromatic carbocycles. The summed E-state index contributed by atoms with van der Waals surface area (Å²) in [5, 5.41) is 2.76. The van der Waals surface area contributed by atoms with Crippen molar-refractivity contribution in [1.82, 2.24) is 0 Å². The smallest absolute Gasteiger partial charge is 0.0134 e. The topological polar surface area (TPSA) is 0 Å². The highest BCUT2D eigenvalue weighted by Crippen LogP contribution is 2.42. The minimum atomic E-state index is 0.298. The fraction of sp³-hybridized carbons (Fsp3) is 0.182. The second-order valence-electron chi connectivity index (χ2n) is 11.7. The molecule has 0 saturated heterocycles. The summed E-state index contributed by atoms with van der Waals surface area (Å²) in [6, 6.07) is 9.14. The summed E-state index contributed by atoms with van der Waals surface area (Å²) in [6.07, 6.45) is 59.9. The summed E-state index contributed by atoms with van der Waals surface area (Å²) in [6.45, 7) is 0. The van der Waals surface area contributed by atoms with Gasteiger partial charge in [0.2, 0.25) is 0 Å². The van der Waals surface area contributed by atoms with Crippen molar-refractivity contribution in [1.29, 1.82) is 0 Å². The summed E-state index contributed by atoms with van der Waals surface area (Å²) in [7, 11) is 0. The molecule has 2 unspecified atom stereocenters. The van der Waals surface area contributed by atoms with Crippen LogP contribution in [0.25, 0.3) is 11.1 Å². The van der Waals surface area contributed by atoms with E-state index in [1.807, 2.05) is 0 Å². The van der Waals surface area contributed by atoms with E-state index in [0.717, 1.165) is 38.5 Å². The molecule has 5 aliphatic carbocycles. The summed E-state index contributed by atoms with van der Waals surface area (Å²) < 4.78 is 0. The third-order valence-electron chi connectivity index (χ3n) is 8.89. The minimum Gasteiger partial charge on any atom is -0.0842 e. The van der Waals surface area contributed by atoms with Gasteiger partial charge in [0, 0.05) is 11.8 Å². The highest BCUT2D eigenvalue weighted by molar-refractivity contribution is 5.80. The molecule has 0 spiro atoms. The van der Waals surface area contributed by atoms with Crippen LogP contribution in [-0.2, 0) is 0 Å². The molecule has 0 aliphatic heterocycles. The third-order valence-corrected chi connectivity index (χ3v) is 8.89. The first kappa shape index (κ1) is 29.4. The molecule has 0 saturated carbocycles. The molecule has 6 rings (SSSR count). The predicted octanol–water partition coefficient (Wildman–Crippen LogP) is 9.90. The highest BCUT2D eigenvalue weighted by Gasteiger charge is 2.32. The monoisotopic (exact) mass is 570 g/mol. The number of fused-ring (bicyclic) bond motifs is 2. The van der Waals surface area contributed by atoms with Crippen LogP contribution in [0.15, 0.2) is 192 Å². The molecule has 0 fully saturated rings. The molecule has 0 amide bonds. The zero-order chi connectivity index (χ0) is 29.8. The predicted molar refractivity (Wildman–Crippen MR) is 191 cm³/mol. The number of rotatable bonds is 3. The van der Waals surface area contributed by atoms with Crippen molar-refractivity contribution in [3.63, 3.8) is 0 Å². The molecular formula is C44H42. The number of hydrogen-bond acceptors (Lipinski definition) is 0. The lowest BCUT2D eigenvalue weighted by Gasteiger charge is -2.35. The standard InChI is InChI=1S/C44H42/c1-3-7-13-23-35(24-14-8-4-1)36-25-15-11-12-18-28-38(34-33-36)44-41-31-21-19-29-39(41)43(40-30-20-22-32-42(40)44)37-26-16-9-5-2-6-10-17-27-37/h1-5,7-13,15-23,25,27-32,39,41H,6,14,24,26,33-34H2/b3-1-,5-2-,8-4+,13-7-,15-11-,16-9-,17-10-,18-12-,35-23-,36-25-,37-27+,38-28-. The van der Waals surface area contributed by atoms with E-state index in [9.17, 15) is 0 Å². The molecule has 218 valence electrons. The van der Waals surface area contributed by atoms with Crippen LogP contribution < -0.4 is 10.4 Å². The molecule has 0 heteroatoms. The molecule has 44 heavy (non-hydrogen) atoms. The van der Waals surface area contributed by atoms with Gasteiger partial charge in [0.05, 0.1) is 0 Å². The fourth-order valence-electron chi connectivity index (χ4n) is 6.81.